The number of carbonyl (C=O) groups is 1. The van der Waals surface area contributed by atoms with E-state index in [1.165, 1.54) is 18.2 Å². The van der Waals surface area contributed by atoms with Crippen LogP contribution in [0.15, 0.2) is 67.3 Å². The highest BCUT2D eigenvalue weighted by atomic mass is 19.1. The molecule has 0 radical (unpaired) electrons. The molecule has 0 fully saturated rings. The first kappa shape index (κ1) is 19.2. The fourth-order valence-electron chi connectivity index (χ4n) is 2.60. The van der Waals surface area contributed by atoms with E-state index in [2.05, 4.69) is 15.0 Å². The van der Waals surface area contributed by atoms with Crippen molar-refractivity contribution in [1.29, 1.82) is 0 Å². The number of halogens is 1. The van der Waals surface area contributed by atoms with Gasteiger partial charge in [0.05, 0.1) is 0 Å². The first-order chi connectivity index (χ1) is 13.6. The molecule has 3 aromatic rings. The summed E-state index contributed by atoms with van der Waals surface area (Å²) >= 11 is 0. The van der Waals surface area contributed by atoms with Crippen molar-refractivity contribution in [3.05, 3.63) is 89.8 Å². The summed E-state index contributed by atoms with van der Waals surface area (Å²) in [7, 11) is 0. The largest absolute Gasteiger partial charge is 0.368 e. The van der Waals surface area contributed by atoms with Gasteiger partial charge in [0.1, 0.15) is 5.82 Å². The molecule has 6 nitrogen and oxygen atoms in total. The standard InChI is InChI=1S/C21H20FN5O/c22-19-6-3-16(4-7-19)9-11-27(15-18-2-1-10-24-12-18)20(28)8-5-17-13-25-21(23)26-14-17/h1-8,10,12-14H,9,11,15H2,(H2,23,25,26)/b8-5+. The molecule has 2 heterocycles. The summed E-state index contributed by atoms with van der Waals surface area (Å²) in [4.78, 5) is 26.4. The molecule has 0 aliphatic heterocycles. The summed E-state index contributed by atoms with van der Waals surface area (Å²) in [6.45, 7) is 0.915. The van der Waals surface area contributed by atoms with Crippen molar-refractivity contribution in [2.45, 2.75) is 13.0 Å². The Morgan fingerprint density at radius 1 is 1.07 bits per heavy atom. The van der Waals surface area contributed by atoms with Crippen molar-refractivity contribution in [2.24, 2.45) is 0 Å². The van der Waals surface area contributed by atoms with Gasteiger partial charge < -0.3 is 10.6 Å². The van der Waals surface area contributed by atoms with Crippen LogP contribution >= 0.6 is 0 Å². The molecule has 0 saturated carbocycles. The molecule has 142 valence electrons. The molecule has 2 N–H and O–H groups in total. The van der Waals surface area contributed by atoms with E-state index in [1.54, 1.807) is 47.9 Å². The molecular weight excluding hydrogens is 357 g/mol. The molecule has 2 aromatic heterocycles. The van der Waals surface area contributed by atoms with E-state index in [9.17, 15) is 9.18 Å². The Hall–Kier alpha value is -3.61. The Labute approximate surface area is 162 Å². The summed E-state index contributed by atoms with van der Waals surface area (Å²) in [6.07, 6.45) is 10.3. The topological polar surface area (TPSA) is 85.0 Å². The van der Waals surface area contributed by atoms with Gasteiger partial charge in [-0.1, -0.05) is 18.2 Å². The van der Waals surface area contributed by atoms with E-state index in [-0.39, 0.29) is 17.7 Å². The molecule has 0 aliphatic carbocycles. The summed E-state index contributed by atoms with van der Waals surface area (Å²) in [6, 6.07) is 10.0. The second kappa shape index (κ2) is 9.36. The number of anilines is 1. The smallest absolute Gasteiger partial charge is 0.246 e. The lowest BCUT2D eigenvalue weighted by atomic mass is 10.1. The van der Waals surface area contributed by atoms with Crippen LogP contribution in [-0.2, 0) is 17.8 Å². The van der Waals surface area contributed by atoms with E-state index in [1.807, 2.05) is 12.1 Å². The Bertz CT molecular complexity index is 927. The van der Waals surface area contributed by atoms with Crippen molar-refractivity contribution in [3.8, 4) is 0 Å². The first-order valence-corrected chi connectivity index (χ1v) is 8.78. The van der Waals surface area contributed by atoms with Crippen molar-refractivity contribution < 1.29 is 9.18 Å². The quantitative estimate of drug-likeness (QED) is 0.640. The van der Waals surface area contributed by atoms with Gasteiger partial charge in [0.15, 0.2) is 0 Å². The van der Waals surface area contributed by atoms with Gasteiger partial charge in [-0.15, -0.1) is 0 Å². The van der Waals surface area contributed by atoms with E-state index >= 15 is 0 Å². The Kier molecular flexibility index (Phi) is 6.41. The maximum atomic E-state index is 13.1. The third-order valence-corrected chi connectivity index (χ3v) is 4.10. The van der Waals surface area contributed by atoms with Crippen molar-refractivity contribution in [2.75, 3.05) is 12.3 Å². The number of amides is 1. The van der Waals surface area contributed by atoms with Gasteiger partial charge in [0.2, 0.25) is 11.9 Å². The molecule has 0 saturated heterocycles. The molecule has 1 aromatic carbocycles. The molecule has 3 rings (SSSR count). The first-order valence-electron chi connectivity index (χ1n) is 8.78. The summed E-state index contributed by atoms with van der Waals surface area (Å²) in [5, 5.41) is 0. The zero-order chi connectivity index (χ0) is 19.8. The average molecular weight is 377 g/mol. The molecule has 0 bridgehead atoms. The van der Waals surface area contributed by atoms with Gasteiger partial charge in [0.25, 0.3) is 0 Å². The van der Waals surface area contributed by atoms with Crippen LogP contribution in [0.4, 0.5) is 10.3 Å². The number of carbonyl (C=O) groups excluding carboxylic acids is 1. The van der Waals surface area contributed by atoms with Gasteiger partial charge in [-0.2, -0.15) is 0 Å². The van der Waals surface area contributed by atoms with Gasteiger partial charge in [-0.3, -0.25) is 9.78 Å². The van der Waals surface area contributed by atoms with Crippen LogP contribution in [0, 0.1) is 5.82 Å². The van der Waals surface area contributed by atoms with Crippen molar-refractivity contribution >= 4 is 17.9 Å². The third kappa shape index (κ3) is 5.70. The fraction of sp³-hybridized carbons (Fsp3) is 0.143. The number of nitrogen functional groups attached to an aromatic ring is 1. The molecule has 0 atom stereocenters. The van der Waals surface area contributed by atoms with Crippen molar-refractivity contribution in [3.63, 3.8) is 0 Å². The molecule has 0 aliphatic rings. The number of nitrogens with zero attached hydrogens (tertiary/aromatic N) is 4. The Morgan fingerprint density at radius 2 is 1.82 bits per heavy atom. The number of pyridine rings is 1. The molecule has 0 spiro atoms. The number of hydrogen-bond acceptors (Lipinski definition) is 5. The summed E-state index contributed by atoms with van der Waals surface area (Å²) < 4.78 is 13.1. The highest BCUT2D eigenvalue weighted by Crippen LogP contribution is 2.09. The van der Waals surface area contributed by atoms with E-state index < -0.39 is 0 Å². The van der Waals surface area contributed by atoms with Gasteiger partial charge in [-0.25, -0.2) is 14.4 Å². The SMILES string of the molecule is Nc1ncc(/C=C/C(=O)N(CCc2ccc(F)cc2)Cc2cccnc2)cn1. The van der Waals surface area contributed by atoms with Gasteiger partial charge in [0, 0.05) is 49.5 Å². The van der Waals surface area contributed by atoms with E-state index in [4.69, 9.17) is 5.73 Å². The van der Waals surface area contributed by atoms with E-state index in [0.717, 1.165) is 11.1 Å². The molecule has 7 heteroatoms. The second-order valence-corrected chi connectivity index (χ2v) is 6.21. The maximum Gasteiger partial charge on any atom is 0.246 e. The van der Waals surface area contributed by atoms with Crippen molar-refractivity contribution in [1.82, 2.24) is 19.9 Å². The van der Waals surface area contributed by atoms with Gasteiger partial charge in [-0.05, 0) is 41.8 Å². The number of rotatable bonds is 7. The van der Waals surface area contributed by atoms with Crippen LogP contribution in [0.3, 0.4) is 0 Å². The number of aromatic nitrogens is 3. The van der Waals surface area contributed by atoms with Crippen LogP contribution in [0.25, 0.3) is 6.08 Å². The van der Waals surface area contributed by atoms with Crippen LogP contribution in [0.2, 0.25) is 0 Å². The monoisotopic (exact) mass is 377 g/mol. The zero-order valence-corrected chi connectivity index (χ0v) is 15.2. The highest BCUT2D eigenvalue weighted by molar-refractivity contribution is 5.91. The fourth-order valence-corrected chi connectivity index (χ4v) is 2.60. The molecule has 0 unspecified atom stereocenters. The Balaban J connectivity index is 1.71. The van der Waals surface area contributed by atoms with Gasteiger partial charge >= 0.3 is 0 Å². The highest BCUT2D eigenvalue weighted by Gasteiger charge is 2.12. The minimum absolute atomic E-state index is 0.150. The predicted octanol–water partition coefficient (Wildman–Crippen LogP) is 2.88. The Morgan fingerprint density at radius 3 is 2.50 bits per heavy atom. The normalized spacial score (nSPS) is 10.9. The number of benzene rings is 1. The van der Waals surface area contributed by atoms with Crippen LogP contribution in [0.1, 0.15) is 16.7 Å². The average Bonchev–Trinajstić information content (AvgIpc) is 2.72. The second-order valence-electron chi connectivity index (χ2n) is 6.21. The minimum atomic E-state index is -0.277. The minimum Gasteiger partial charge on any atom is -0.368 e. The molecule has 1 amide bonds. The molecular formula is C21H20FN5O. The number of hydrogen-bond donors (Lipinski definition) is 1. The molecule has 28 heavy (non-hydrogen) atoms. The van der Waals surface area contributed by atoms with E-state index in [0.29, 0.717) is 25.1 Å². The lowest BCUT2D eigenvalue weighted by molar-refractivity contribution is -0.126. The summed E-state index contributed by atoms with van der Waals surface area (Å²) in [5.74, 6) is -0.246. The lowest BCUT2D eigenvalue weighted by Crippen LogP contribution is -2.31. The van der Waals surface area contributed by atoms with Crippen LogP contribution in [-0.4, -0.2) is 32.3 Å². The maximum absolute atomic E-state index is 13.1. The lowest BCUT2D eigenvalue weighted by Gasteiger charge is -2.21. The van der Waals surface area contributed by atoms with Crippen LogP contribution < -0.4 is 5.73 Å². The number of nitrogens with two attached hydrogens (primary N) is 1. The zero-order valence-electron chi connectivity index (χ0n) is 15.2. The third-order valence-electron chi connectivity index (χ3n) is 4.10. The van der Waals surface area contributed by atoms with Crippen LogP contribution in [0.5, 0.6) is 0 Å². The summed E-state index contributed by atoms with van der Waals surface area (Å²) in [5.41, 5.74) is 8.04. The predicted molar refractivity (Wildman–Crippen MR) is 105 cm³/mol.